The van der Waals surface area contributed by atoms with Crippen LogP contribution in [-0.2, 0) is 0 Å². The Hall–Kier alpha value is -1.82. The van der Waals surface area contributed by atoms with Crippen LogP contribution in [0.3, 0.4) is 0 Å². The molecule has 2 aromatic rings. The van der Waals surface area contributed by atoms with Gasteiger partial charge in [0.2, 0.25) is 11.7 Å². The van der Waals surface area contributed by atoms with Crippen molar-refractivity contribution in [3.8, 4) is 11.5 Å². The van der Waals surface area contributed by atoms with Crippen LogP contribution in [0.1, 0.15) is 32.1 Å². The fourth-order valence-corrected chi connectivity index (χ4v) is 1.57. The van der Waals surface area contributed by atoms with Crippen molar-refractivity contribution in [2.45, 2.75) is 32.2 Å². The van der Waals surface area contributed by atoms with Gasteiger partial charge in [-0.1, -0.05) is 19.0 Å². The molecular weight excluding hydrogens is 235 g/mol. The lowest BCUT2D eigenvalue weighted by atomic mass is 10.0. The van der Waals surface area contributed by atoms with Gasteiger partial charge in [-0.05, 0) is 18.6 Å². The van der Waals surface area contributed by atoms with Gasteiger partial charge in [0.1, 0.15) is 11.5 Å². The maximum Gasteiger partial charge on any atom is 0.231 e. The molecular formula is C12H15FN4O. The van der Waals surface area contributed by atoms with Gasteiger partial charge in [0.25, 0.3) is 0 Å². The second-order valence-electron chi connectivity index (χ2n) is 4.18. The average Bonchev–Trinajstić information content (AvgIpc) is 2.87. The summed E-state index contributed by atoms with van der Waals surface area (Å²) >= 11 is 0. The van der Waals surface area contributed by atoms with Gasteiger partial charge in [-0.15, -0.1) is 0 Å². The Labute approximate surface area is 104 Å². The molecule has 6 heteroatoms. The number of nitrogens with two attached hydrogens (primary N) is 1. The number of hydrogen-bond donors (Lipinski definition) is 1. The van der Waals surface area contributed by atoms with Crippen molar-refractivity contribution in [3.63, 3.8) is 0 Å². The zero-order valence-corrected chi connectivity index (χ0v) is 10.3. The van der Waals surface area contributed by atoms with Crippen LogP contribution in [0.25, 0.3) is 11.5 Å². The van der Waals surface area contributed by atoms with E-state index in [1.54, 1.807) is 0 Å². The summed E-state index contributed by atoms with van der Waals surface area (Å²) in [4.78, 5) is 8.13. The smallest absolute Gasteiger partial charge is 0.231 e. The Balaban J connectivity index is 2.22. The lowest BCUT2D eigenvalue weighted by Crippen LogP contribution is -2.25. The normalized spacial score (nSPS) is 14.4. The van der Waals surface area contributed by atoms with Crippen LogP contribution in [0, 0.1) is 5.82 Å². The molecule has 2 atom stereocenters. The minimum Gasteiger partial charge on any atom is -0.339 e. The van der Waals surface area contributed by atoms with Gasteiger partial charge in [-0.25, -0.2) is 9.37 Å². The van der Waals surface area contributed by atoms with Gasteiger partial charge in [0.05, 0.1) is 12.1 Å². The first kappa shape index (κ1) is 12.6. The van der Waals surface area contributed by atoms with Crippen LogP contribution in [0.15, 0.2) is 22.9 Å². The molecule has 2 heterocycles. The summed E-state index contributed by atoms with van der Waals surface area (Å²) in [5.74, 6) is 0.408. The first-order chi connectivity index (χ1) is 8.61. The zero-order valence-electron chi connectivity index (χ0n) is 10.3. The summed E-state index contributed by atoms with van der Waals surface area (Å²) in [7, 11) is 0. The molecule has 0 bridgehead atoms. The van der Waals surface area contributed by atoms with Crippen LogP contribution in [0.4, 0.5) is 4.39 Å². The van der Waals surface area contributed by atoms with Crippen LogP contribution >= 0.6 is 0 Å². The van der Waals surface area contributed by atoms with Crippen molar-refractivity contribution in [3.05, 3.63) is 30.0 Å². The second kappa shape index (κ2) is 5.22. The van der Waals surface area contributed by atoms with Gasteiger partial charge >= 0.3 is 0 Å². The second-order valence-corrected chi connectivity index (χ2v) is 4.18. The highest BCUT2D eigenvalue weighted by molar-refractivity contribution is 5.47. The van der Waals surface area contributed by atoms with E-state index in [1.165, 1.54) is 12.1 Å². The van der Waals surface area contributed by atoms with Crippen molar-refractivity contribution >= 4 is 0 Å². The third-order valence-corrected chi connectivity index (χ3v) is 2.90. The molecule has 0 aliphatic heterocycles. The summed E-state index contributed by atoms with van der Waals surface area (Å²) in [5, 5.41) is 3.83. The number of rotatable bonds is 4. The van der Waals surface area contributed by atoms with Gasteiger partial charge < -0.3 is 10.3 Å². The lowest BCUT2D eigenvalue weighted by Gasteiger charge is -2.13. The van der Waals surface area contributed by atoms with Crippen LogP contribution in [0.5, 0.6) is 0 Å². The van der Waals surface area contributed by atoms with E-state index < -0.39 is 5.82 Å². The van der Waals surface area contributed by atoms with Gasteiger partial charge in [0.15, 0.2) is 0 Å². The molecule has 0 fully saturated rings. The van der Waals surface area contributed by atoms with Crippen LogP contribution < -0.4 is 5.73 Å². The number of aromatic nitrogens is 3. The van der Waals surface area contributed by atoms with E-state index >= 15 is 0 Å². The van der Waals surface area contributed by atoms with E-state index in [4.69, 9.17) is 10.3 Å². The minimum atomic E-state index is -0.399. The molecule has 0 saturated carbocycles. The first-order valence-corrected chi connectivity index (χ1v) is 5.83. The lowest BCUT2D eigenvalue weighted by molar-refractivity contribution is 0.340. The van der Waals surface area contributed by atoms with Crippen molar-refractivity contribution in [2.24, 2.45) is 5.73 Å². The highest BCUT2D eigenvalue weighted by Crippen LogP contribution is 2.21. The molecule has 0 spiro atoms. The van der Waals surface area contributed by atoms with Crippen molar-refractivity contribution in [1.29, 1.82) is 0 Å². The fraction of sp³-hybridized carbons (Fsp3) is 0.417. The monoisotopic (exact) mass is 250 g/mol. The maximum absolute atomic E-state index is 12.7. The van der Waals surface area contributed by atoms with Gasteiger partial charge in [-0.3, -0.25) is 0 Å². The van der Waals surface area contributed by atoms with Crippen molar-refractivity contribution in [1.82, 2.24) is 15.1 Å². The molecule has 0 aromatic carbocycles. The maximum atomic E-state index is 12.7. The number of pyridine rings is 1. The molecule has 5 nitrogen and oxygen atoms in total. The molecule has 0 aliphatic rings. The van der Waals surface area contributed by atoms with E-state index in [1.807, 2.05) is 13.8 Å². The Bertz CT molecular complexity index is 511. The van der Waals surface area contributed by atoms with Crippen molar-refractivity contribution < 1.29 is 8.91 Å². The zero-order chi connectivity index (χ0) is 13.1. The molecule has 2 N–H and O–H groups in total. The number of hydrogen-bond acceptors (Lipinski definition) is 5. The molecule has 2 unspecified atom stereocenters. The fourth-order valence-electron chi connectivity index (χ4n) is 1.57. The summed E-state index contributed by atoms with van der Waals surface area (Å²) < 4.78 is 17.9. The molecule has 0 amide bonds. The van der Waals surface area contributed by atoms with E-state index in [0.717, 1.165) is 12.6 Å². The minimum absolute atomic E-state index is 0.0169. The topological polar surface area (TPSA) is 77.8 Å². The summed E-state index contributed by atoms with van der Waals surface area (Å²) in [6, 6.07) is 2.79. The predicted octanol–water partition coefficient (Wildman–Crippen LogP) is 2.11. The highest BCUT2D eigenvalue weighted by Gasteiger charge is 2.20. The Kier molecular flexibility index (Phi) is 3.66. The Morgan fingerprint density at radius 1 is 1.44 bits per heavy atom. The largest absolute Gasteiger partial charge is 0.339 e. The molecule has 0 saturated heterocycles. The Morgan fingerprint density at radius 3 is 2.83 bits per heavy atom. The number of halogens is 1. The third-order valence-electron chi connectivity index (χ3n) is 2.90. The molecule has 2 rings (SSSR count). The number of nitrogens with zero attached hydrogens (tertiary/aromatic N) is 3. The van der Waals surface area contributed by atoms with E-state index in [9.17, 15) is 4.39 Å². The molecule has 96 valence electrons. The van der Waals surface area contributed by atoms with Crippen LogP contribution in [-0.4, -0.2) is 21.2 Å². The molecule has 0 radical (unpaired) electrons. The summed E-state index contributed by atoms with van der Waals surface area (Å²) in [6.07, 6.45) is 1.94. The first-order valence-electron chi connectivity index (χ1n) is 5.83. The Morgan fingerprint density at radius 2 is 2.22 bits per heavy atom. The molecule has 2 aromatic heterocycles. The highest BCUT2D eigenvalue weighted by atomic mass is 19.1. The van der Waals surface area contributed by atoms with Crippen molar-refractivity contribution in [2.75, 3.05) is 0 Å². The summed E-state index contributed by atoms with van der Waals surface area (Å²) in [6.45, 7) is 3.93. The van der Waals surface area contributed by atoms with Crippen LogP contribution in [0.2, 0.25) is 0 Å². The molecule has 0 aliphatic carbocycles. The molecule has 18 heavy (non-hydrogen) atoms. The standard InChI is InChI=1S/C12H15FN4O/c1-3-9(14)7(2)12-16-11(17-18-12)10-5-4-8(13)6-15-10/h4-7,9H,3,14H2,1-2H3. The average molecular weight is 250 g/mol. The predicted molar refractivity (Wildman–Crippen MR) is 64.2 cm³/mol. The quantitative estimate of drug-likeness (QED) is 0.899. The van der Waals surface area contributed by atoms with E-state index in [2.05, 4.69) is 15.1 Å². The SMILES string of the molecule is CCC(N)C(C)c1nc(-c2ccc(F)cn2)no1. The van der Waals surface area contributed by atoms with Gasteiger partial charge in [-0.2, -0.15) is 4.98 Å². The van der Waals surface area contributed by atoms with Gasteiger partial charge in [0, 0.05) is 6.04 Å². The summed E-state index contributed by atoms with van der Waals surface area (Å²) in [5.41, 5.74) is 6.40. The van der Waals surface area contributed by atoms with E-state index in [-0.39, 0.29) is 12.0 Å². The third kappa shape index (κ3) is 2.53. The van der Waals surface area contributed by atoms with E-state index in [0.29, 0.717) is 17.4 Å².